The van der Waals surface area contributed by atoms with Crippen molar-refractivity contribution in [1.29, 1.82) is 0 Å². The molecule has 1 unspecified atom stereocenters. The lowest BCUT2D eigenvalue weighted by atomic mass is 9.74. The van der Waals surface area contributed by atoms with Crippen LogP contribution in [0.2, 0.25) is 0 Å². The third kappa shape index (κ3) is 4.61. The van der Waals surface area contributed by atoms with Gasteiger partial charge in [0.1, 0.15) is 11.8 Å². The molecule has 2 heterocycles. The number of nitrogens with zero attached hydrogens (tertiary/aromatic N) is 1. The second-order valence-electron chi connectivity index (χ2n) is 10.4. The first kappa shape index (κ1) is 23.0. The van der Waals surface area contributed by atoms with Crippen LogP contribution < -0.4 is 15.5 Å². The zero-order valence-electron chi connectivity index (χ0n) is 20.6. The first-order valence-corrected chi connectivity index (χ1v) is 12.0. The Morgan fingerprint density at radius 2 is 1.83 bits per heavy atom. The van der Waals surface area contributed by atoms with Crippen LogP contribution in [-0.4, -0.2) is 18.2 Å². The zero-order chi connectivity index (χ0) is 24.7. The molecule has 0 fully saturated rings. The molecule has 180 valence electrons. The number of carbonyl (C=O) groups excluding carboxylic acids is 2. The minimum atomic E-state index is -0.509. The van der Waals surface area contributed by atoms with Gasteiger partial charge in [0, 0.05) is 23.4 Å². The summed E-state index contributed by atoms with van der Waals surface area (Å²) in [6, 6.07) is 17.1. The van der Waals surface area contributed by atoms with Crippen LogP contribution in [0.1, 0.15) is 49.6 Å². The number of anilines is 3. The van der Waals surface area contributed by atoms with Crippen LogP contribution in [0, 0.1) is 19.3 Å². The molecule has 1 amide bonds. The standard InChI is InChI=1S/C29H31N3O3/c1-18-12-19(2)14-20(13-18)30-26(34)17-32-23-9-6-5-8-21(23)31-22-15-29(3,4)16-24(33)27(22)28(32)25-10-7-11-35-25/h5-14,28,31H,15-17H2,1-4H3,(H,30,34). The van der Waals surface area contributed by atoms with Gasteiger partial charge in [-0.1, -0.05) is 32.0 Å². The Balaban J connectivity index is 1.59. The minimum Gasteiger partial charge on any atom is -0.467 e. The van der Waals surface area contributed by atoms with E-state index in [4.69, 9.17) is 4.42 Å². The second-order valence-corrected chi connectivity index (χ2v) is 10.4. The molecule has 0 saturated carbocycles. The fraction of sp³-hybridized carbons (Fsp3) is 0.310. The van der Waals surface area contributed by atoms with Gasteiger partial charge in [-0.2, -0.15) is 0 Å². The number of para-hydroxylation sites is 2. The van der Waals surface area contributed by atoms with Crippen LogP contribution in [0.5, 0.6) is 0 Å². The summed E-state index contributed by atoms with van der Waals surface area (Å²) in [5.74, 6) is 0.565. The molecule has 0 spiro atoms. The number of amides is 1. The van der Waals surface area contributed by atoms with Gasteiger partial charge in [-0.3, -0.25) is 9.59 Å². The van der Waals surface area contributed by atoms with Crippen LogP contribution in [0.15, 0.2) is 76.5 Å². The smallest absolute Gasteiger partial charge is 0.243 e. The first-order chi connectivity index (χ1) is 16.7. The highest BCUT2D eigenvalue weighted by Crippen LogP contribution is 2.48. The van der Waals surface area contributed by atoms with Crippen molar-refractivity contribution in [2.75, 3.05) is 22.1 Å². The monoisotopic (exact) mass is 469 g/mol. The lowest BCUT2D eigenvalue weighted by Crippen LogP contribution is -2.40. The number of aryl methyl sites for hydroxylation is 2. The minimum absolute atomic E-state index is 0.0600. The van der Waals surface area contributed by atoms with Crippen molar-refractivity contribution in [1.82, 2.24) is 0 Å². The zero-order valence-corrected chi connectivity index (χ0v) is 20.6. The van der Waals surface area contributed by atoms with Gasteiger partial charge in [-0.05, 0) is 73.2 Å². The van der Waals surface area contributed by atoms with Crippen LogP contribution >= 0.6 is 0 Å². The molecule has 5 rings (SSSR count). The largest absolute Gasteiger partial charge is 0.467 e. The number of benzene rings is 2. The summed E-state index contributed by atoms with van der Waals surface area (Å²) in [5.41, 5.74) is 6.08. The molecular weight excluding hydrogens is 438 g/mol. The number of Topliss-reactive ketones (excluding diaryl/α,β-unsaturated/α-hetero) is 1. The van der Waals surface area contributed by atoms with Crippen LogP contribution in [0.25, 0.3) is 0 Å². The fourth-order valence-corrected chi connectivity index (χ4v) is 5.37. The summed E-state index contributed by atoms with van der Waals surface area (Å²) >= 11 is 0. The molecule has 1 aromatic heterocycles. The Hall–Kier alpha value is -3.80. The van der Waals surface area contributed by atoms with Crippen molar-refractivity contribution < 1.29 is 14.0 Å². The summed E-state index contributed by atoms with van der Waals surface area (Å²) in [5, 5.41) is 6.60. The molecular formula is C29H31N3O3. The summed E-state index contributed by atoms with van der Waals surface area (Å²) in [4.78, 5) is 28.9. The predicted molar refractivity (Wildman–Crippen MR) is 138 cm³/mol. The third-order valence-corrected chi connectivity index (χ3v) is 6.64. The second kappa shape index (κ2) is 8.77. The Morgan fingerprint density at radius 3 is 2.54 bits per heavy atom. The van der Waals surface area contributed by atoms with Crippen molar-refractivity contribution >= 4 is 28.8 Å². The number of allylic oxidation sites excluding steroid dienone is 1. The number of hydrogen-bond acceptors (Lipinski definition) is 5. The summed E-state index contributed by atoms with van der Waals surface area (Å²) in [6.45, 7) is 8.31. The van der Waals surface area contributed by atoms with E-state index in [0.29, 0.717) is 17.8 Å². The number of carbonyl (C=O) groups is 2. The molecule has 0 radical (unpaired) electrons. The van der Waals surface area contributed by atoms with E-state index in [1.165, 1.54) is 0 Å². The number of ketones is 1. The topological polar surface area (TPSA) is 74.6 Å². The molecule has 2 N–H and O–H groups in total. The molecule has 1 aliphatic heterocycles. The Labute approximate surface area is 206 Å². The van der Waals surface area contributed by atoms with Gasteiger partial charge in [-0.25, -0.2) is 0 Å². The van der Waals surface area contributed by atoms with E-state index in [2.05, 4.69) is 30.5 Å². The van der Waals surface area contributed by atoms with E-state index < -0.39 is 6.04 Å². The average Bonchev–Trinajstić information content (AvgIpc) is 3.24. The van der Waals surface area contributed by atoms with Gasteiger partial charge >= 0.3 is 0 Å². The predicted octanol–water partition coefficient (Wildman–Crippen LogP) is 6.15. The van der Waals surface area contributed by atoms with Crippen LogP contribution in [0.4, 0.5) is 17.1 Å². The lowest BCUT2D eigenvalue weighted by molar-refractivity contribution is -0.119. The molecule has 0 saturated heterocycles. The maximum absolute atomic E-state index is 13.6. The number of fused-ring (bicyclic) bond motifs is 1. The molecule has 6 heteroatoms. The van der Waals surface area contributed by atoms with Gasteiger partial charge in [-0.15, -0.1) is 0 Å². The average molecular weight is 470 g/mol. The van der Waals surface area contributed by atoms with Crippen LogP contribution in [0.3, 0.4) is 0 Å². The van der Waals surface area contributed by atoms with Crippen molar-refractivity contribution in [3.8, 4) is 0 Å². The van der Waals surface area contributed by atoms with Gasteiger partial charge in [0.05, 0.1) is 24.2 Å². The normalized spacial score (nSPS) is 18.9. The first-order valence-electron chi connectivity index (χ1n) is 12.0. The Kier molecular flexibility index (Phi) is 5.75. The number of rotatable bonds is 4. The third-order valence-electron chi connectivity index (χ3n) is 6.64. The highest BCUT2D eigenvalue weighted by molar-refractivity contribution is 6.02. The quantitative estimate of drug-likeness (QED) is 0.479. The maximum atomic E-state index is 13.6. The Bertz CT molecular complexity index is 1300. The number of nitrogens with one attached hydrogen (secondary N) is 2. The summed E-state index contributed by atoms with van der Waals surface area (Å²) in [6.07, 6.45) is 2.80. The van der Waals surface area contributed by atoms with Crippen molar-refractivity contribution in [3.05, 3.63) is 89.0 Å². The summed E-state index contributed by atoms with van der Waals surface area (Å²) in [7, 11) is 0. The van der Waals surface area contributed by atoms with E-state index in [-0.39, 0.29) is 23.7 Å². The molecule has 1 atom stereocenters. The lowest BCUT2D eigenvalue weighted by Gasteiger charge is -2.36. The van der Waals surface area contributed by atoms with E-state index in [9.17, 15) is 9.59 Å². The molecule has 35 heavy (non-hydrogen) atoms. The van der Waals surface area contributed by atoms with Crippen molar-refractivity contribution in [2.45, 2.75) is 46.6 Å². The number of hydrogen-bond donors (Lipinski definition) is 2. The Morgan fingerprint density at radius 1 is 1.09 bits per heavy atom. The van der Waals surface area contributed by atoms with E-state index in [1.807, 2.05) is 67.3 Å². The van der Waals surface area contributed by atoms with E-state index in [1.54, 1.807) is 6.26 Å². The van der Waals surface area contributed by atoms with Gasteiger partial charge in [0.15, 0.2) is 5.78 Å². The molecule has 0 bridgehead atoms. The fourth-order valence-electron chi connectivity index (χ4n) is 5.37. The van der Waals surface area contributed by atoms with Crippen molar-refractivity contribution in [3.63, 3.8) is 0 Å². The summed E-state index contributed by atoms with van der Waals surface area (Å²) < 4.78 is 5.87. The van der Waals surface area contributed by atoms with Crippen molar-refractivity contribution in [2.24, 2.45) is 5.41 Å². The highest BCUT2D eigenvalue weighted by atomic mass is 16.3. The van der Waals surface area contributed by atoms with Gasteiger partial charge < -0.3 is 20.0 Å². The maximum Gasteiger partial charge on any atom is 0.243 e. The molecule has 2 aliphatic rings. The molecule has 2 aromatic carbocycles. The van der Waals surface area contributed by atoms with E-state index >= 15 is 0 Å². The van der Waals surface area contributed by atoms with Crippen LogP contribution in [-0.2, 0) is 9.59 Å². The highest BCUT2D eigenvalue weighted by Gasteiger charge is 2.42. The van der Waals surface area contributed by atoms with E-state index in [0.717, 1.165) is 40.3 Å². The number of furan rings is 1. The molecule has 6 nitrogen and oxygen atoms in total. The van der Waals surface area contributed by atoms with Gasteiger partial charge in [0.2, 0.25) is 5.91 Å². The SMILES string of the molecule is Cc1cc(C)cc(NC(=O)CN2c3ccccc3NC3=C(C(=O)CC(C)(C)C3)C2c2ccco2)c1. The molecule has 3 aromatic rings. The van der Waals surface area contributed by atoms with Gasteiger partial charge in [0.25, 0.3) is 0 Å². The molecule has 1 aliphatic carbocycles.